The second-order valence-corrected chi connectivity index (χ2v) is 4.96. The number of nitrogens with zero attached hydrogens (tertiary/aromatic N) is 1. The zero-order valence-electron chi connectivity index (χ0n) is 12.6. The van der Waals surface area contributed by atoms with E-state index in [1.807, 2.05) is 38.1 Å². The fraction of sp³-hybridized carbons (Fsp3) is 0.176. The number of benzene rings is 2. The highest BCUT2D eigenvalue weighted by Gasteiger charge is 2.02. The lowest BCUT2D eigenvalue weighted by Gasteiger charge is -2.06. The Balaban J connectivity index is 1.85. The molecular formula is C17H18FN3O. The Hall–Kier alpha value is -2.69. The van der Waals surface area contributed by atoms with Crippen molar-refractivity contribution in [2.24, 2.45) is 5.10 Å². The maximum atomic E-state index is 12.8. The van der Waals surface area contributed by atoms with Gasteiger partial charge >= 0.3 is 0 Å². The Morgan fingerprint density at radius 3 is 2.36 bits per heavy atom. The fourth-order valence-electron chi connectivity index (χ4n) is 1.80. The van der Waals surface area contributed by atoms with E-state index in [9.17, 15) is 9.18 Å². The van der Waals surface area contributed by atoms with Crippen LogP contribution in [0.4, 0.5) is 10.1 Å². The topological polar surface area (TPSA) is 53.5 Å². The molecule has 114 valence electrons. The number of aryl methyl sites for hydroxylation is 1. The van der Waals surface area contributed by atoms with Crippen molar-refractivity contribution in [1.82, 2.24) is 5.43 Å². The summed E-state index contributed by atoms with van der Waals surface area (Å²) in [5, 5.41) is 6.96. The first kappa shape index (κ1) is 15.7. The van der Waals surface area contributed by atoms with Crippen molar-refractivity contribution in [2.75, 3.05) is 11.9 Å². The van der Waals surface area contributed by atoms with Gasteiger partial charge in [0.05, 0.1) is 12.3 Å². The molecule has 0 atom stereocenters. The first-order valence-electron chi connectivity index (χ1n) is 6.94. The van der Waals surface area contributed by atoms with Crippen LogP contribution in [-0.4, -0.2) is 18.2 Å². The molecular weight excluding hydrogens is 281 g/mol. The van der Waals surface area contributed by atoms with Crippen molar-refractivity contribution in [2.45, 2.75) is 13.8 Å². The molecule has 0 aromatic heterocycles. The minimum atomic E-state index is -0.312. The van der Waals surface area contributed by atoms with Gasteiger partial charge < -0.3 is 5.32 Å². The van der Waals surface area contributed by atoms with E-state index in [1.165, 1.54) is 17.7 Å². The Bertz CT molecular complexity index is 663. The average Bonchev–Trinajstić information content (AvgIpc) is 2.52. The SMILES string of the molecule is C/C(=N\NC(=O)CNc1ccc(F)cc1)c1ccc(C)cc1. The van der Waals surface area contributed by atoms with E-state index in [0.29, 0.717) is 5.69 Å². The highest BCUT2D eigenvalue weighted by molar-refractivity contribution is 5.99. The highest BCUT2D eigenvalue weighted by atomic mass is 19.1. The number of anilines is 1. The maximum Gasteiger partial charge on any atom is 0.259 e. The van der Waals surface area contributed by atoms with E-state index in [2.05, 4.69) is 15.8 Å². The predicted molar refractivity (Wildman–Crippen MR) is 86.4 cm³/mol. The van der Waals surface area contributed by atoms with Gasteiger partial charge in [0.15, 0.2) is 0 Å². The van der Waals surface area contributed by atoms with Crippen LogP contribution in [0.1, 0.15) is 18.1 Å². The van der Waals surface area contributed by atoms with Gasteiger partial charge in [0.1, 0.15) is 5.82 Å². The van der Waals surface area contributed by atoms with Crippen LogP contribution in [0.15, 0.2) is 53.6 Å². The van der Waals surface area contributed by atoms with Gasteiger partial charge in [0.25, 0.3) is 5.91 Å². The summed E-state index contributed by atoms with van der Waals surface area (Å²) in [4.78, 5) is 11.7. The Morgan fingerprint density at radius 1 is 1.09 bits per heavy atom. The second kappa shape index (κ2) is 7.36. The standard InChI is InChI=1S/C17H18FN3O/c1-12-3-5-14(6-4-12)13(2)20-21-17(22)11-19-16-9-7-15(18)8-10-16/h3-10,19H,11H2,1-2H3,(H,21,22)/b20-13+. The molecule has 0 saturated carbocycles. The second-order valence-electron chi connectivity index (χ2n) is 4.96. The molecule has 0 aliphatic rings. The van der Waals surface area contributed by atoms with Crippen LogP contribution in [-0.2, 0) is 4.79 Å². The molecule has 0 radical (unpaired) electrons. The lowest BCUT2D eigenvalue weighted by molar-refractivity contribution is -0.119. The molecule has 2 aromatic carbocycles. The zero-order valence-corrected chi connectivity index (χ0v) is 12.6. The third kappa shape index (κ3) is 4.70. The van der Waals surface area contributed by atoms with Gasteiger partial charge in [-0.05, 0) is 43.7 Å². The number of carbonyl (C=O) groups is 1. The molecule has 0 aliphatic carbocycles. The van der Waals surface area contributed by atoms with E-state index in [0.717, 1.165) is 11.3 Å². The third-order valence-electron chi connectivity index (χ3n) is 3.11. The van der Waals surface area contributed by atoms with E-state index in [4.69, 9.17) is 0 Å². The number of carbonyl (C=O) groups excluding carboxylic acids is 1. The summed E-state index contributed by atoms with van der Waals surface area (Å²) in [5.41, 5.74) is 6.02. The molecule has 0 heterocycles. The summed E-state index contributed by atoms with van der Waals surface area (Å²) in [6.07, 6.45) is 0. The number of amides is 1. The summed E-state index contributed by atoms with van der Waals surface area (Å²) >= 11 is 0. The molecule has 5 heteroatoms. The van der Waals surface area contributed by atoms with Gasteiger partial charge in [-0.2, -0.15) is 5.10 Å². The van der Waals surface area contributed by atoms with Crippen molar-refractivity contribution in [3.8, 4) is 0 Å². The van der Waals surface area contributed by atoms with Gasteiger partial charge in [-0.1, -0.05) is 29.8 Å². The van der Waals surface area contributed by atoms with Crippen LogP contribution >= 0.6 is 0 Å². The van der Waals surface area contributed by atoms with Crippen molar-refractivity contribution < 1.29 is 9.18 Å². The molecule has 1 amide bonds. The molecule has 4 nitrogen and oxygen atoms in total. The van der Waals surface area contributed by atoms with Crippen LogP contribution in [0.2, 0.25) is 0 Å². The van der Waals surface area contributed by atoms with Gasteiger partial charge in [0, 0.05) is 5.69 Å². The molecule has 2 aromatic rings. The Morgan fingerprint density at radius 2 is 1.73 bits per heavy atom. The molecule has 0 bridgehead atoms. The van der Waals surface area contributed by atoms with Crippen LogP contribution in [0, 0.1) is 12.7 Å². The Labute approximate surface area is 129 Å². The van der Waals surface area contributed by atoms with Gasteiger partial charge in [-0.25, -0.2) is 9.82 Å². The van der Waals surface area contributed by atoms with E-state index >= 15 is 0 Å². The van der Waals surface area contributed by atoms with E-state index in [1.54, 1.807) is 12.1 Å². The van der Waals surface area contributed by atoms with Gasteiger partial charge in [0.2, 0.25) is 0 Å². The molecule has 2 N–H and O–H groups in total. The first-order valence-corrected chi connectivity index (χ1v) is 6.94. The third-order valence-corrected chi connectivity index (χ3v) is 3.11. The van der Waals surface area contributed by atoms with Crippen LogP contribution < -0.4 is 10.7 Å². The number of hydrogen-bond acceptors (Lipinski definition) is 3. The fourth-order valence-corrected chi connectivity index (χ4v) is 1.80. The lowest BCUT2D eigenvalue weighted by Crippen LogP contribution is -2.26. The molecule has 0 spiro atoms. The summed E-state index contributed by atoms with van der Waals surface area (Å²) in [5.74, 6) is -0.580. The van der Waals surface area contributed by atoms with Gasteiger partial charge in [-0.3, -0.25) is 4.79 Å². The van der Waals surface area contributed by atoms with E-state index in [-0.39, 0.29) is 18.3 Å². The number of hydrogen-bond donors (Lipinski definition) is 2. The van der Waals surface area contributed by atoms with Crippen molar-refractivity contribution >= 4 is 17.3 Å². The smallest absolute Gasteiger partial charge is 0.259 e. The first-order chi connectivity index (χ1) is 10.5. The normalized spacial score (nSPS) is 11.1. The summed E-state index contributed by atoms with van der Waals surface area (Å²) < 4.78 is 12.8. The van der Waals surface area contributed by atoms with Crippen molar-refractivity contribution in [1.29, 1.82) is 0 Å². The summed E-state index contributed by atoms with van der Waals surface area (Å²) in [7, 11) is 0. The highest BCUT2D eigenvalue weighted by Crippen LogP contribution is 2.07. The monoisotopic (exact) mass is 299 g/mol. The number of halogens is 1. The quantitative estimate of drug-likeness (QED) is 0.658. The zero-order chi connectivity index (χ0) is 15.9. The Kier molecular flexibility index (Phi) is 5.25. The van der Waals surface area contributed by atoms with Crippen LogP contribution in [0.25, 0.3) is 0 Å². The molecule has 0 fully saturated rings. The van der Waals surface area contributed by atoms with Crippen molar-refractivity contribution in [3.63, 3.8) is 0 Å². The molecule has 0 unspecified atom stereocenters. The molecule has 2 rings (SSSR count). The molecule has 0 aliphatic heterocycles. The largest absolute Gasteiger partial charge is 0.376 e. The minimum Gasteiger partial charge on any atom is -0.376 e. The van der Waals surface area contributed by atoms with E-state index < -0.39 is 0 Å². The van der Waals surface area contributed by atoms with Crippen LogP contribution in [0.3, 0.4) is 0 Å². The summed E-state index contributed by atoms with van der Waals surface area (Å²) in [6, 6.07) is 13.7. The average molecular weight is 299 g/mol. The summed E-state index contributed by atoms with van der Waals surface area (Å²) in [6.45, 7) is 3.91. The van der Waals surface area contributed by atoms with Crippen molar-refractivity contribution in [3.05, 3.63) is 65.5 Å². The number of nitrogens with one attached hydrogen (secondary N) is 2. The molecule has 0 saturated heterocycles. The number of hydrazone groups is 1. The van der Waals surface area contributed by atoms with Crippen LogP contribution in [0.5, 0.6) is 0 Å². The minimum absolute atomic E-state index is 0.0658. The predicted octanol–water partition coefficient (Wildman–Crippen LogP) is 3.09. The molecule has 22 heavy (non-hydrogen) atoms. The van der Waals surface area contributed by atoms with Gasteiger partial charge in [-0.15, -0.1) is 0 Å². The lowest BCUT2D eigenvalue weighted by atomic mass is 10.1. The maximum absolute atomic E-state index is 12.8. The number of rotatable bonds is 5.